The molecule has 0 aromatic heterocycles. The normalized spacial score (nSPS) is 9.50. The smallest absolute Gasteiger partial charge is 0.0992 e. The van der Waals surface area contributed by atoms with E-state index in [-0.39, 0.29) is 0 Å². The van der Waals surface area contributed by atoms with Crippen LogP contribution in [0.4, 0.5) is 0 Å². The molecular weight excluding hydrogens is 140 g/mol. The Bertz CT molecular complexity index is 114. The van der Waals surface area contributed by atoms with Gasteiger partial charge in [-0.05, 0) is 12.2 Å². The van der Waals surface area contributed by atoms with Crippen molar-refractivity contribution in [3.63, 3.8) is 0 Å². The topological polar surface area (TPSA) is 17.1 Å². The first-order chi connectivity index (χ1) is 3.72. The quantitative estimate of drug-likeness (QED) is 0.525. The van der Waals surface area contributed by atoms with Gasteiger partial charge in [-0.3, -0.25) is 0 Å². The number of thioether (sulfide) groups is 1. The molecule has 8 heavy (non-hydrogen) atoms. The third kappa shape index (κ3) is 2.52. The van der Waals surface area contributed by atoms with Crippen LogP contribution >= 0.6 is 11.8 Å². The van der Waals surface area contributed by atoms with Gasteiger partial charge in [-0.15, -0.1) is 11.8 Å². The highest BCUT2D eigenvalue weighted by Gasteiger charge is 1.99. The summed E-state index contributed by atoms with van der Waals surface area (Å²) in [5.41, 5.74) is 0. The minimum Gasteiger partial charge on any atom is -0.212 e. The van der Waals surface area contributed by atoms with Crippen molar-refractivity contribution in [3.8, 4) is 0 Å². The first-order valence-electron chi connectivity index (χ1n) is 2.43. The van der Waals surface area contributed by atoms with E-state index in [0.717, 1.165) is 4.20 Å². The second kappa shape index (κ2) is 4.15. The van der Waals surface area contributed by atoms with E-state index in [0.29, 0.717) is 17.2 Å². The largest absolute Gasteiger partial charge is 0.212 e. The van der Waals surface area contributed by atoms with E-state index >= 15 is 0 Å². The van der Waals surface area contributed by atoms with Crippen LogP contribution in [0.15, 0.2) is 0 Å². The molecule has 3 heteroatoms. The summed E-state index contributed by atoms with van der Waals surface area (Å²) in [7, 11) is 0. The molecular formula is C5H10OS2. The summed E-state index contributed by atoms with van der Waals surface area (Å²) in [5.74, 6) is 0.410. The molecule has 0 aromatic rings. The summed E-state index contributed by atoms with van der Waals surface area (Å²) in [6.07, 6.45) is 1.93. The number of rotatable bonds is 1. The third-order valence-corrected chi connectivity index (χ3v) is 2.97. The molecule has 0 amide bonds. The summed E-state index contributed by atoms with van der Waals surface area (Å²) in [4.78, 5) is 0. The summed E-state index contributed by atoms with van der Waals surface area (Å²) < 4.78 is 11.1. The van der Waals surface area contributed by atoms with E-state index in [4.69, 9.17) is 0 Å². The molecule has 0 spiro atoms. The van der Waals surface area contributed by atoms with Gasteiger partial charge in [0, 0.05) is 0 Å². The zero-order chi connectivity index (χ0) is 6.57. The van der Waals surface area contributed by atoms with Crippen LogP contribution < -0.4 is 0 Å². The fourth-order valence-corrected chi connectivity index (χ4v) is 1.30. The lowest BCUT2D eigenvalue weighted by Crippen LogP contribution is -1.99. The Morgan fingerprint density at radius 3 is 2.00 bits per heavy atom. The second-order valence-corrected chi connectivity index (χ2v) is 3.47. The van der Waals surface area contributed by atoms with Crippen LogP contribution in [0.1, 0.15) is 13.8 Å². The van der Waals surface area contributed by atoms with E-state index in [1.54, 1.807) is 11.8 Å². The molecule has 0 rings (SSSR count). The van der Waals surface area contributed by atoms with Crippen molar-refractivity contribution >= 4 is 27.2 Å². The zero-order valence-corrected chi connectivity index (χ0v) is 6.94. The lowest BCUT2D eigenvalue weighted by atomic mass is 10.3. The highest BCUT2D eigenvalue weighted by molar-refractivity contribution is 8.20. The Morgan fingerprint density at radius 1 is 1.50 bits per heavy atom. The van der Waals surface area contributed by atoms with Crippen molar-refractivity contribution in [2.24, 2.45) is 5.92 Å². The number of hydrogen-bond donors (Lipinski definition) is 0. The monoisotopic (exact) mass is 150 g/mol. The molecule has 0 aromatic carbocycles. The predicted octanol–water partition coefficient (Wildman–Crippen LogP) is 1.35. The molecule has 0 radical (unpaired) electrons. The standard InChI is InChI=1S/C5H10OS2/c1-4(2)5(7-3)8-6/h4H,1-3H3. The predicted molar refractivity (Wildman–Crippen MR) is 41.5 cm³/mol. The van der Waals surface area contributed by atoms with Gasteiger partial charge in [0.1, 0.15) is 0 Å². The molecule has 0 unspecified atom stereocenters. The van der Waals surface area contributed by atoms with Gasteiger partial charge in [0.15, 0.2) is 0 Å². The Labute approximate surface area is 57.9 Å². The van der Waals surface area contributed by atoms with E-state index in [2.05, 4.69) is 0 Å². The minimum atomic E-state index is 0.410. The molecule has 0 aliphatic heterocycles. The second-order valence-electron chi connectivity index (χ2n) is 1.76. The molecule has 1 nitrogen and oxygen atoms in total. The molecule has 0 heterocycles. The van der Waals surface area contributed by atoms with Gasteiger partial charge in [0.25, 0.3) is 0 Å². The van der Waals surface area contributed by atoms with E-state index < -0.39 is 0 Å². The molecule has 48 valence electrons. The Morgan fingerprint density at radius 2 is 2.00 bits per heavy atom. The maximum absolute atomic E-state index is 10.2. The molecule has 0 fully saturated rings. The molecule has 0 aliphatic rings. The fourth-order valence-electron chi connectivity index (χ4n) is 0.366. The SMILES string of the molecule is CSC(=S=O)C(C)C. The summed E-state index contributed by atoms with van der Waals surface area (Å²) >= 11 is 2.15. The average molecular weight is 150 g/mol. The summed E-state index contributed by atoms with van der Waals surface area (Å²) in [5, 5.41) is 0. The Kier molecular flexibility index (Phi) is 4.28. The molecule has 0 saturated carbocycles. The maximum atomic E-state index is 10.2. The van der Waals surface area contributed by atoms with E-state index in [9.17, 15) is 4.21 Å². The van der Waals surface area contributed by atoms with Crippen molar-refractivity contribution in [2.75, 3.05) is 6.26 Å². The van der Waals surface area contributed by atoms with Gasteiger partial charge in [0.2, 0.25) is 0 Å². The van der Waals surface area contributed by atoms with Gasteiger partial charge in [0.05, 0.1) is 15.5 Å². The highest BCUT2D eigenvalue weighted by Crippen LogP contribution is 2.05. The van der Waals surface area contributed by atoms with Crippen LogP contribution in [-0.2, 0) is 11.3 Å². The first kappa shape index (κ1) is 8.24. The molecule has 0 saturated heterocycles. The van der Waals surface area contributed by atoms with Gasteiger partial charge >= 0.3 is 0 Å². The van der Waals surface area contributed by atoms with Gasteiger partial charge in [-0.25, -0.2) is 4.21 Å². The molecule has 0 bridgehead atoms. The van der Waals surface area contributed by atoms with Crippen LogP contribution in [0.25, 0.3) is 0 Å². The van der Waals surface area contributed by atoms with Crippen molar-refractivity contribution < 1.29 is 4.21 Å². The van der Waals surface area contributed by atoms with E-state index in [1.165, 1.54) is 0 Å². The van der Waals surface area contributed by atoms with Gasteiger partial charge in [-0.2, -0.15) is 0 Å². The summed E-state index contributed by atoms with van der Waals surface area (Å²) in [6.45, 7) is 4.05. The van der Waals surface area contributed by atoms with Crippen LogP contribution in [0.2, 0.25) is 0 Å². The maximum Gasteiger partial charge on any atom is 0.0992 e. The fraction of sp³-hybridized carbons (Fsp3) is 0.800. The zero-order valence-electron chi connectivity index (χ0n) is 5.30. The lowest BCUT2D eigenvalue weighted by molar-refractivity contribution is 0.700. The van der Waals surface area contributed by atoms with E-state index in [1.807, 2.05) is 20.1 Å². The van der Waals surface area contributed by atoms with Gasteiger partial charge in [-0.1, -0.05) is 13.8 Å². The minimum absolute atomic E-state index is 0.410. The van der Waals surface area contributed by atoms with Crippen molar-refractivity contribution in [1.82, 2.24) is 0 Å². The van der Waals surface area contributed by atoms with Crippen LogP contribution in [0.3, 0.4) is 0 Å². The van der Waals surface area contributed by atoms with Crippen molar-refractivity contribution in [3.05, 3.63) is 0 Å². The van der Waals surface area contributed by atoms with Crippen LogP contribution in [0.5, 0.6) is 0 Å². The lowest BCUT2D eigenvalue weighted by Gasteiger charge is -1.99. The van der Waals surface area contributed by atoms with Gasteiger partial charge < -0.3 is 0 Å². The first-order valence-corrected chi connectivity index (χ1v) is 4.39. The number of hydrogen-bond acceptors (Lipinski definition) is 2. The average Bonchev–Trinajstić information content (AvgIpc) is 1.69. The molecule has 0 atom stereocenters. The van der Waals surface area contributed by atoms with Crippen LogP contribution in [-0.4, -0.2) is 14.7 Å². The molecule has 0 N–H and O–H groups in total. The molecule has 0 aliphatic carbocycles. The summed E-state index contributed by atoms with van der Waals surface area (Å²) in [6, 6.07) is 0. The third-order valence-electron chi connectivity index (χ3n) is 0.755. The Hall–Kier alpha value is 0.240. The van der Waals surface area contributed by atoms with Crippen molar-refractivity contribution in [1.29, 1.82) is 0 Å². The Balaban J connectivity index is 3.92. The van der Waals surface area contributed by atoms with Crippen LogP contribution in [0, 0.1) is 5.92 Å². The highest BCUT2D eigenvalue weighted by atomic mass is 32.2. The van der Waals surface area contributed by atoms with Crippen molar-refractivity contribution in [2.45, 2.75) is 13.8 Å².